The molecule has 0 radical (unpaired) electrons. The Hall–Kier alpha value is -1.49. The van der Waals surface area contributed by atoms with Crippen molar-refractivity contribution in [3.8, 4) is 6.07 Å². The van der Waals surface area contributed by atoms with Crippen LogP contribution in [0.25, 0.3) is 0 Å². The number of benzene rings is 1. The van der Waals surface area contributed by atoms with E-state index in [-0.39, 0.29) is 0 Å². The third-order valence-corrected chi connectivity index (χ3v) is 3.74. The van der Waals surface area contributed by atoms with Crippen LogP contribution in [0, 0.1) is 17.2 Å². The van der Waals surface area contributed by atoms with Crippen molar-refractivity contribution in [1.29, 1.82) is 5.26 Å². The summed E-state index contributed by atoms with van der Waals surface area (Å²) in [6, 6.07) is 10.8. The van der Waals surface area contributed by atoms with E-state index in [1.807, 2.05) is 12.1 Å². The first-order chi connectivity index (χ1) is 8.24. The maximum atomic E-state index is 8.82. The van der Waals surface area contributed by atoms with Crippen LogP contribution in [0.15, 0.2) is 24.3 Å². The lowest BCUT2D eigenvalue weighted by molar-refractivity contribution is 0.370. The average Bonchev–Trinajstić information content (AvgIpc) is 2.39. The highest BCUT2D eigenvalue weighted by Crippen LogP contribution is 2.29. The molecule has 0 aromatic heterocycles. The fourth-order valence-corrected chi connectivity index (χ4v) is 2.68. The summed E-state index contributed by atoms with van der Waals surface area (Å²) in [5, 5.41) is 8.82. The molecule has 90 valence electrons. The zero-order valence-corrected chi connectivity index (χ0v) is 10.7. The van der Waals surface area contributed by atoms with Gasteiger partial charge in [-0.2, -0.15) is 5.26 Å². The van der Waals surface area contributed by atoms with Crippen molar-refractivity contribution in [2.45, 2.75) is 39.2 Å². The van der Waals surface area contributed by atoms with E-state index >= 15 is 0 Å². The number of hydrogen-bond donors (Lipinski definition) is 0. The highest BCUT2D eigenvalue weighted by atomic mass is 15.2. The fraction of sp³-hybridized carbons (Fsp3) is 0.533. The van der Waals surface area contributed by atoms with Crippen molar-refractivity contribution < 1.29 is 0 Å². The van der Waals surface area contributed by atoms with Crippen molar-refractivity contribution in [3.05, 3.63) is 29.8 Å². The van der Waals surface area contributed by atoms with Gasteiger partial charge in [0.25, 0.3) is 0 Å². The molecule has 1 aliphatic heterocycles. The third kappa shape index (κ3) is 2.61. The lowest BCUT2D eigenvalue weighted by Gasteiger charge is -2.40. The molecule has 0 N–H and O–H groups in total. The van der Waals surface area contributed by atoms with Crippen molar-refractivity contribution >= 4 is 5.69 Å². The summed E-state index contributed by atoms with van der Waals surface area (Å²) in [6.45, 7) is 5.73. The summed E-state index contributed by atoms with van der Waals surface area (Å²) in [7, 11) is 0. The molecule has 2 nitrogen and oxygen atoms in total. The first-order valence-electron chi connectivity index (χ1n) is 6.51. The molecule has 0 bridgehead atoms. The Kier molecular flexibility index (Phi) is 3.68. The van der Waals surface area contributed by atoms with E-state index in [1.54, 1.807) is 0 Å². The number of nitrogens with zero attached hydrogens (tertiary/aromatic N) is 2. The molecule has 1 heterocycles. The minimum atomic E-state index is 0.666. The van der Waals surface area contributed by atoms with Gasteiger partial charge in [-0.05, 0) is 49.4 Å². The average molecular weight is 228 g/mol. The number of nitriles is 1. The van der Waals surface area contributed by atoms with E-state index in [2.05, 4.69) is 36.9 Å². The molecule has 0 spiro atoms. The predicted molar refractivity (Wildman–Crippen MR) is 71.0 cm³/mol. The van der Waals surface area contributed by atoms with Gasteiger partial charge >= 0.3 is 0 Å². The molecule has 1 fully saturated rings. The van der Waals surface area contributed by atoms with Gasteiger partial charge in [0.05, 0.1) is 11.6 Å². The lowest BCUT2D eigenvalue weighted by atomic mass is 9.92. The van der Waals surface area contributed by atoms with Crippen LogP contribution in [-0.4, -0.2) is 12.6 Å². The normalized spacial score (nSPS) is 24.4. The van der Waals surface area contributed by atoms with Crippen LogP contribution in [0.4, 0.5) is 5.69 Å². The summed E-state index contributed by atoms with van der Waals surface area (Å²) in [6.07, 6.45) is 3.83. The predicted octanol–water partition coefficient (Wildman–Crippen LogP) is 3.57. The molecule has 2 rings (SSSR count). The maximum absolute atomic E-state index is 8.82. The number of anilines is 1. The third-order valence-electron chi connectivity index (χ3n) is 3.74. The molecule has 1 aliphatic rings. The molecule has 0 aliphatic carbocycles. The van der Waals surface area contributed by atoms with Crippen LogP contribution in [0.5, 0.6) is 0 Å². The highest BCUT2D eigenvalue weighted by Gasteiger charge is 2.24. The van der Waals surface area contributed by atoms with Crippen LogP contribution < -0.4 is 4.90 Å². The number of rotatable bonds is 2. The molecule has 1 saturated heterocycles. The van der Waals surface area contributed by atoms with Crippen molar-refractivity contribution in [2.75, 3.05) is 11.4 Å². The summed E-state index contributed by atoms with van der Waals surface area (Å²) in [5.74, 6) is 0.772. The molecule has 1 aromatic carbocycles. The van der Waals surface area contributed by atoms with Gasteiger partial charge in [0.1, 0.15) is 0 Å². The van der Waals surface area contributed by atoms with Gasteiger partial charge in [-0.15, -0.1) is 0 Å². The Balaban J connectivity index is 2.20. The largest absolute Gasteiger partial charge is 0.368 e. The topological polar surface area (TPSA) is 27.0 Å². The SMILES string of the molecule is CCC1CCC(C)CN1c1ccc(C#N)cc1. The second-order valence-electron chi connectivity index (χ2n) is 5.06. The van der Waals surface area contributed by atoms with Crippen molar-refractivity contribution in [2.24, 2.45) is 5.92 Å². The van der Waals surface area contributed by atoms with E-state index < -0.39 is 0 Å². The second kappa shape index (κ2) is 5.23. The highest BCUT2D eigenvalue weighted by molar-refractivity contribution is 5.50. The van der Waals surface area contributed by atoms with Crippen molar-refractivity contribution in [1.82, 2.24) is 0 Å². The monoisotopic (exact) mass is 228 g/mol. The zero-order valence-electron chi connectivity index (χ0n) is 10.7. The van der Waals surface area contributed by atoms with Gasteiger partial charge in [-0.25, -0.2) is 0 Å². The lowest BCUT2D eigenvalue weighted by Crippen LogP contribution is -2.42. The molecule has 1 aromatic rings. The zero-order chi connectivity index (χ0) is 12.3. The van der Waals surface area contributed by atoms with Crippen LogP contribution in [0.2, 0.25) is 0 Å². The van der Waals surface area contributed by atoms with Gasteiger partial charge < -0.3 is 4.90 Å². The van der Waals surface area contributed by atoms with Crippen molar-refractivity contribution in [3.63, 3.8) is 0 Å². The van der Waals surface area contributed by atoms with Crippen LogP contribution >= 0.6 is 0 Å². The van der Waals surface area contributed by atoms with E-state index in [0.717, 1.165) is 18.0 Å². The molecule has 2 atom stereocenters. The molecule has 0 saturated carbocycles. The van der Waals surface area contributed by atoms with Crippen LogP contribution in [0.3, 0.4) is 0 Å². The smallest absolute Gasteiger partial charge is 0.0991 e. The van der Waals surface area contributed by atoms with Gasteiger partial charge in [-0.1, -0.05) is 13.8 Å². The van der Waals surface area contributed by atoms with E-state index in [1.165, 1.54) is 24.9 Å². The molecule has 2 heteroatoms. The maximum Gasteiger partial charge on any atom is 0.0991 e. The fourth-order valence-electron chi connectivity index (χ4n) is 2.68. The summed E-state index contributed by atoms with van der Waals surface area (Å²) < 4.78 is 0. The van der Waals surface area contributed by atoms with Gasteiger partial charge in [0, 0.05) is 18.3 Å². The summed E-state index contributed by atoms with van der Waals surface area (Å²) >= 11 is 0. The number of piperidine rings is 1. The first-order valence-corrected chi connectivity index (χ1v) is 6.51. The van der Waals surface area contributed by atoms with Gasteiger partial charge in [0.15, 0.2) is 0 Å². The minimum absolute atomic E-state index is 0.666. The number of hydrogen-bond acceptors (Lipinski definition) is 2. The Bertz CT molecular complexity index is 402. The molecular weight excluding hydrogens is 208 g/mol. The van der Waals surface area contributed by atoms with Crippen LogP contribution in [0.1, 0.15) is 38.7 Å². The van der Waals surface area contributed by atoms with Gasteiger partial charge in [0.2, 0.25) is 0 Å². The Morgan fingerprint density at radius 3 is 2.59 bits per heavy atom. The molecule has 2 unspecified atom stereocenters. The Morgan fingerprint density at radius 2 is 2.00 bits per heavy atom. The quantitative estimate of drug-likeness (QED) is 0.773. The molecule has 0 amide bonds. The summed E-state index contributed by atoms with van der Waals surface area (Å²) in [4.78, 5) is 2.51. The first kappa shape index (κ1) is 12.0. The van der Waals surface area contributed by atoms with E-state index in [0.29, 0.717) is 6.04 Å². The van der Waals surface area contributed by atoms with Crippen LogP contribution in [-0.2, 0) is 0 Å². The van der Waals surface area contributed by atoms with Gasteiger partial charge in [-0.3, -0.25) is 0 Å². The molecule has 17 heavy (non-hydrogen) atoms. The standard InChI is InChI=1S/C15H20N2/c1-3-14-7-4-12(2)11-17(14)15-8-5-13(10-16)6-9-15/h5-6,8-9,12,14H,3-4,7,11H2,1-2H3. The minimum Gasteiger partial charge on any atom is -0.368 e. The Morgan fingerprint density at radius 1 is 1.29 bits per heavy atom. The second-order valence-corrected chi connectivity index (χ2v) is 5.06. The molecular formula is C15H20N2. The summed E-state index contributed by atoms with van der Waals surface area (Å²) in [5.41, 5.74) is 2.01. The van der Waals surface area contributed by atoms with E-state index in [4.69, 9.17) is 5.26 Å². The van der Waals surface area contributed by atoms with E-state index in [9.17, 15) is 0 Å². The Labute approximate surface area is 104 Å².